The second-order valence-electron chi connectivity index (χ2n) is 4.50. The maximum atomic E-state index is 13.3. The first-order chi connectivity index (χ1) is 8.24. The molecular weight excluding hydrogens is 285 g/mol. The minimum atomic E-state index is -0.234. The Balaban J connectivity index is 1.83. The van der Waals surface area contributed by atoms with Gasteiger partial charge in [0.2, 0.25) is 0 Å². The van der Waals surface area contributed by atoms with E-state index in [-0.39, 0.29) is 5.82 Å². The number of rotatable bonds is 4. The van der Waals surface area contributed by atoms with Gasteiger partial charge in [0.05, 0.1) is 10.7 Å². The molecule has 1 heterocycles. The number of nitrogens with one attached hydrogen (secondary N) is 1. The smallest absolute Gasteiger partial charge is 0.148 e. The lowest BCUT2D eigenvalue weighted by atomic mass is 10.1. The lowest BCUT2D eigenvalue weighted by Crippen LogP contribution is -2.19. The van der Waals surface area contributed by atoms with Gasteiger partial charge in [0.25, 0.3) is 0 Å². The fourth-order valence-corrected chi connectivity index (χ4v) is 2.53. The van der Waals surface area contributed by atoms with Crippen molar-refractivity contribution >= 4 is 26.9 Å². The van der Waals surface area contributed by atoms with Gasteiger partial charge < -0.3 is 9.73 Å². The molecule has 1 fully saturated rings. The van der Waals surface area contributed by atoms with Gasteiger partial charge in [-0.05, 0) is 59.4 Å². The fourth-order valence-electron chi connectivity index (χ4n) is 2.00. The lowest BCUT2D eigenvalue weighted by molar-refractivity contribution is 0.600. The maximum Gasteiger partial charge on any atom is 0.148 e. The van der Waals surface area contributed by atoms with Crippen molar-refractivity contribution in [2.45, 2.75) is 25.3 Å². The monoisotopic (exact) mass is 297 g/mol. The topological polar surface area (TPSA) is 25.2 Å². The van der Waals surface area contributed by atoms with E-state index in [2.05, 4.69) is 21.2 Å². The molecule has 90 valence electrons. The third-order valence-corrected chi connectivity index (χ3v) is 3.67. The summed E-state index contributed by atoms with van der Waals surface area (Å²) in [5.74, 6) is -0.234. The molecule has 17 heavy (non-hydrogen) atoms. The molecule has 0 radical (unpaired) electrons. The van der Waals surface area contributed by atoms with E-state index in [9.17, 15) is 4.39 Å². The average molecular weight is 298 g/mol. The predicted octanol–water partition coefficient (Wildman–Crippen LogP) is 3.63. The van der Waals surface area contributed by atoms with Gasteiger partial charge >= 0.3 is 0 Å². The molecule has 0 amide bonds. The Hall–Kier alpha value is -0.870. The lowest BCUT2D eigenvalue weighted by Gasteiger charge is -2.01. The summed E-state index contributed by atoms with van der Waals surface area (Å²) < 4.78 is 19.5. The first-order valence-electron chi connectivity index (χ1n) is 5.82. The highest BCUT2D eigenvalue weighted by Crippen LogP contribution is 2.29. The van der Waals surface area contributed by atoms with E-state index in [0.29, 0.717) is 10.5 Å². The van der Waals surface area contributed by atoms with Gasteiger partial charge in [0.1, 0.15) is 11.4 Å². The Labute approximate surface area is 107 Å². The van der Waals surface area contributed by atoms with Gasteiger partial charge in [-0.2, -0.15) is 0 Å². The van der Waals surface area contributed by atoms with Crippen LogP contribution in [-0.2, 0) is 6.42 Å². The van der Waals surface area contributed by atoms with Crippen LogP contribution >= 0.6 is 15.9 Å². The first kappa shape index (κ1) is 11.2. The van der Waals surface area contributed by atoms with E-state index in [1.807, 2.05) is 0 Å². The third-order valence-electron chi connectivity index (χ3n) is 3.08. The minimum Gasteiger partial charge on any atom is -0.463 e. The third kappa shape index (κ3) is 2.38. The van der Waals surface area contributed by atoms with Crippen molar-refractivity contribution in [2.75, 3.05) is 6.54 Å². The highest BCUT2D eigenvalue weighted by atomic mass is 79.9. The molecule has 3 rings (SSSR count). The SMILES string of the molecule is Fc1cc(Br)c2occ(CCNC3CC3)c2c1. The van der Waals surface area contributed by atoms with E-state index in [0.717, 1.165) is 29.5 Å². The summed E-state index contributed by atoms with van der Waals surface area (Å²) in [4.78, 5) is 0. The van der Waals surface area contributed by atoms with Crippen LogP contribution in [0.1, 0.15) is 18.4 Å². The molecule has 4 heteroatoms. The quantitative estimate of drug-likeness (QED) is 0.932. The van der Waals surface area contributed by atoms with Gasteiger partial charge in [-0.3, -0.25) is 0 Å². The summed E-state index contributed by atoms with van der Waals surface area (Å²) in [7, 11) is 0. The first-order valence-corrected chi connectivity index (χ1v) is 6.62. The Morgan fingerprint density at radius 1 is 1.41 bits per heavy atom. The zero-order chi connectivity index (χ0) is 11.8. The molecule has 0 bridgehead atoms. The molecular formula is C13H13BrFNO. The summed E-state index contributed by atoms with van der Waals surface area (Å²) in [5, 5.41) is 4.31. The highest BCUT2D eigenvalue weighted by molar-refractivity contribution is 9.10. The molecule has 1 aromatic carbocycles. The largest absolute Gasteiger partial charge is 0.463 e. The van der Waals surface area contributed by atoms with Gasteiger partial charge in [-0.25, -0.2) is 4.39 Å². The molecule has 1 aliphatic carbocycles. The molecule has 2 aromatic rings. The fraction of sp³-hybridized carbons (Fsp3) is 0.385. The van der Waals surface area contributed by atoms with Crippen LogP contribution in [0.2, 0.25) is 0 Å². The summed E-state index contributed by atoms with van der Waals surface area (Å²) in [6.07, 6.45) is 5.17. The summed E-state index contributed by atoms with van der Waals surface area (Å²) in [6.45, 7) is 0.924. The molecule has 0 unspecified atom stereocenters. The van der Waals surface area contributed by atoms with Crippen molar-refractivity contribution in [1.29, 1.82) is 0 Å². The maximum absolute atomic E-state index is 13.3. The van der Waals surface area contributed by atoms with Crippen LogP contribution in [0.15, 0.2) is 27.3 Å². The molecule has 1 saturated carbocycles. The van der Waals surface area contributed by atoms with Crippen molar-refractivity contribution in [3.8, 4) is 0 Å². The van der Waals surface area contributed by atoms with Gasteiger partial charge in [-0.1, -0.05) is 0 Å². The Kier molecular flexibility index (Phi) is 2.92. The average Bonchev–Trinajstić information content (AvgIpc) is 3.01. The van der Waals surface area contributed by atoms with Crippen LogP contribution in [0.5, 0.6) is 0 Å². The summed E-state index contributed by atoms with van der Waals surface area (Å²) >= 11 is 3.31. The minimum absolute atomic E-state index is 0.234. The second kappa shape index (κ2) is 4.42. The number of fused-ring (bicyclic) bond motifs is 1. The molecule has 0 saturated heterocycles. The van der Waals surface area contributed by atoms with E-state index in [1.165, 1.54) is 25.0 Å². The molecule has 1 aromatic heterocycles. The van der Waals surface area contributed by atoms with Crippen molar-refractivity contribution in [2.24, 2.45) is 0 Å². The summed E-state index contributed by atoms with van der Waals surface area (Å²) in [6, 6.07) is 3.67. The van der Waals surface area contributed by atoms with E-state index in [1.54, 1.807) is 6.26 Å². The number of hydrogen-bond acceptors (Lipinski definition) is 2. The molecule has 2 nitrogen and oxygen atoms in total. The number of benzene rings is 1. The molecule has 1 aliphatic rings. The van der Waals surface area contributed by atoms with Crippen LogP contribution in [0, 0.1) is 5.82 Å². The van der Waals surface area contributed by atoms with Crippen molar-refractivity contribution in [1.82, 2.24) is 5.32 Å². The molecule has 0 aliphatic heterocycles. The van der Waals surface area contributed by atoms with Crippen molar-refractivity contribution < 1.29 is 8.81 Å². The van der Waals surface area contributed by atoms with Crippen molar-refractivity contribution in [3.63, 3.8) is 0 Å². The van der Waals surface area contributed by atoms with Crippen LogP contribution in [-0.4, -0.2) is 12.6 Å². The highest BCUT2D eigenvalue weighted by Gasteiger charge is 2.20. The number of hydrogen-bond donors (Lipinski definition) is 1. The Bertz CT molecular complexity index is 548. The molecule has 0 spiro atoms. The normalized spacial score (nSPS) is 15.6. The van der Waals surface area contributed by atoms with E-state index < -0.39 is 0 Å². The van der Waals surface area contributed by atoms with Gasteiger partial charge in [0.15, 0.2) is 0 Å². The Morgan fingerprint density at radius 2 is 2.24 bits per heavy atom. The van der Waals surface area contributed by atoms with Crippen LogP contribution in [0.4, 0.5) is 4.39 Å². The van der Waals surface area contributed by atoms with Gasteiger partial charge in [-0.15, -0.1) is 0 Å². The second-order valence-corrected chi connectivity index (χ2v) is 5.36. The molecule has 0 atom stereocenters. The van der Waals surface area contributed by atoms with Crippen LogP contribution in [0.25, 0.3) is 11.0 Å². The standard InChI is InChI=1S/C13H13BrFNO/c14-12-6-9(15)5-11-8(7-17-13(11)12)3-4-16-10-1-2-10/h5-7,10,16H,1-4H2. The van der Waals surface area contributed by atoms with E-state index in [4.69, 9.17) is 4.42 Å². The van der Waals surface area contributed by atoms with Crippen LogP contribution < -0.4 is 5.32 Å². The number of halogens is 2. The number of furan rings is 1. The predicted molar refractivity (Wildman–Crippen MR) is 68.6 cm³/mol. The summed E-state index contributed by atoms with van der Waals surface area (Å²) in [5.41, 5.74) is 1.79. The zero-order valence-electron chi connectivity index (χ0n) is 9.30. The van der Waals surface area contributed by atoms with E-state index >= 15 is 0 Å². The zero-order valence-corrected chi connectivity index (χ0v) is 10.9. The molecule has 1 N–H and O–H groups in total. The van der Waals surface area contributed by atoms with Gasteiger partial charge in [0, 0.05) is 11.4 Å². The van der Waals surface area contributed by atoms with Crippen LogP contribution in [0.3, 0.4) is 0 Å². The Morgan fingerprint density at radius 3 is 3.00 bits per heavy atom. The van der Waals surface area contributed by atoms with Crippen molar-refractivity contribution in [3.05, 3.63) is 34.2 Å².